The first-order valence-electron chi connectivity index (χ1n) is 5.99. The van der Waals surface area contributed by atoms with E-state index in [1.54, 1.807) is 0 Å². The Morgan fingerprint density at radius 3 is 2.95 bits per heavy atom. The molecule has 0 amide bonds. The van der Waals surface area contributed by atoms with E-state index < -0.39 is 12.0 Å². The maximum atomic E-state index is 10.7. The summed E-state index contributed by atoms with van der Waals surface area (Å²) in [5.74, 6) is 0.193. The standard InChI is InChI=1S/C14H16N2O2S/c1-9-6-10(7-19-8-12(15)14(17)18)11-4-2-3-5-13(11)16-9/h2-6,12H,7-8,15H2,1H3,(H,17,18). The summed E-state index contributed by atoms with van der Waals surface area (Å²) >= 11 is 1.53. The van der Waals surface area contributed by atoms with Crippen molar-refractivity contribution < 1.29 is 9.90 Å². The Labute approximate surface area is 116 Å². The van der Waals surface area contributed by atoms with Crippen LogP contribution >= 0.6 is 11.8 Å². The highest BCUT2D eigenvalue weighted by Crippen LogP contribution is 2.22. The van der Waals surface area contributed by atoms with Crippen molar-refractivity contribution in [2.24, 2.45) is 5.73 Å². The number of nitrogens with zero attached hydrogens (tertiary/aromatic N) is 1. The van der Waals surface area contributed by atoms with Gasteiger partial charge in [0.2, 0.25) is 0 Å². The van der Waals surface area contributed by atoms with Gasteiger partial charge in [0.25, 0.3) is 0 Å². The lowest BCUT2D eigenvalue weighted by atomic mass is 10.1. The van der Waals surface area contributed by atoms with Crippen LogP contribution in [0.4, 0.5) is 0 Å². The normalized spacial score (nSPS) is 12.5. The monoisotopic (exact) mass is 276 g/mol. The van der Waals surface area contributed by atoms with Gasteiger partial charge in [0.05, 0.1) is 5.52 Å². The number of aliphatic carboxylic acids is 1. The maximum Gasteiger partial charge on any atom is 0.321 e. The molecule has 1 aromatic heterocycles. The third-order valence-corrected chi connectivity index (χ3v) is 3.91. The van der Waals surface area contributed by atoms with E-state index >= 15 is 0 Å². The van der Waals surface area contributed by atoms with Crippen molar-refractivity contribution >= 4 is 28.6 Å². The second-order valence-electron chi connectivity index (χ2n) is 4.40. The molecule has 0 aliphatic heterocycles. The van der Waals surface area contributed by atoms with Gasteiger partial charge < -0.3 is 10.8 Å². The predicted molar refractivity (Wildman–Crippen MR) is 78.3 cm³/mol. The Hall–Kier alpha value is -1.59. The minimum Gasteiger partial charge on any atom is -0.480 e. The number of aromatic nitrogens is 1. The zero-order chi connectivity index (χ0) is 13.8. The third kappa shape index (κ3) is 3.45. The van der Waals surface area contributed by atoms with E-state index in [0.29, 0.717) is 5.75 Å². The van der Waals surface area contributed by atoms with Gasteiger partial charge in [0, 0.05) is 22.6 Å². The van der Waals surface area contributed by atoms with E-state index in [2.05, 4.69) is 4.98 Å². The average molecular weight is 276 g/mol. The van der Waals surface area contributed by atoms with Crippen LogP contribution in [0.25, 0.3) is 10.9 Å². The number of carbonyl (C=O) groups is 1. The van der Waals surface area contributed by atoms with Gasteiger partial charge in [-0.25, -0.2) is 0 Å². The Balaban J connectivity index is 2.14. The number of hydrogen-bond donors (Lipinski definition) is 2. The van der Waals surface area contributed by atoms with Gasteiger partial charge in [0.1, 0.15) is 6.04 Å². The molecule has 3 N–H and O–H groups in total. The highest BCUT2D eigenvalue weighted by Gasteiger charge is 2.11. The number of pyridine rings is 1. The summed E-state index contributed by atoms with van der Waals surface area (Å²) in [5, 5.41) is 9.86. The molecule has 0 saturated heterocycles. The van der Waals surface area contributed by atoms with E-state index in [-0.39, 0.29) is 0 Å². The lowest BCUT2D eigenvalue weighted by molar-refractivity contribution is -0.137. The Morgan fingerprint density at radius 1 is 1.47 bits per heavy atom. The first kappa shape index (κ1) is 13.8. The van der Waals surface area contributed by atoms with Gasteiger partial charge in [-0.1, -0.05) is 18.2 Å². The molecule has 1 aromatic carbocycles. The number of carboxylic acid groups (broad SMARTS) is 1. The van der Waals surface area contributed by atoms with E-state index in [4.69, 9.17) is 10.8 Å². The van der Waals surface area contributed by atoms with E-state index in [1.807, 2.05) is 37.3 Å². The summed E-state index contributed by atoms with van der Waals surface area (Å²) in [7, 11) is 0. The molecule has 0 spiro atoms. The van der Waals surface area contributed by atoms with Crippen molar-refractivity contribution in [1.82, 2.24) is 4.98 Å². The molecule has 0 aliphatic rings. The van der Waals surface area contributed by atoms with Crippen LogP contribution in [0.3, 0.4) is 0 Å². The molecule has 0 bridgehead atoms. The number of para-hydroxylation sites is 1. The van der Waals surface area contributed by atoms with Crippen molar-refractivity contribution in [1.29, 1.82) is 0 Å². The fourth-order valence-electron chi connectivity index (χ4n) is 1.88. The summed E-state index contributed by atoms with van der Waals surface area (Å²) in [6.45, 7) is 1.96. The second kappa shape index (κ2) is 6.04. The molecule has 1 unspecified atom stereocenters. The fourth-order valence-corrected chi connectivity index (χ4v) is 2.85. The quantitative estimate of drug-likeness (QED) is 0.875. The first-order valence-corrected chi connectivity index (χ1v) is 7.15. The zero-order valence-electron chi connectivity index (χ0n) is 10.7. The van der Waals surface area contributed by atoms with Gasteiger partial charge in [-0.05, 0) is 24.6 Å². The van der Waals surface area contributed by atoms with Crippen LogP contribution in [-0.2, 0) is 10.5 Å². The largest absolute Gasteiger partial charge is 0.480 e. The Kier molecular flexibility index (Phi) is 4.39. The molecule has 4 nitrogen and oxygen atoms in total. The number of hydrogen-bond acceptors (Lipinski definition) is 4. The predicted octanol–water partition coefficient (Wildman–Crippen LogP) is 2.19. The van der Waals surface area contributed by atoms with Gasteiger partial charge >= 0.3 is 5.97 Å². The number of rotatable bonds is 5. The molecular formula is C14H16N2O2S. The van der Waals surface area contributed by atoms with E-state index in [1.165, 1.54) is 17.3 Å². The minimum absolute atomic E-state index is 0.408. The number of fused-ring (bicyclic) bond motifs is 1. The molecule has 0 fully saturated rings. The zero-order valence-corrected chi connectivity index (χ0v) is 11.5. The topological polar surface area (TPSA) is 76.2 Å². The van der Waals surface area contributed by atoms with Crippen LogP contribution in [0.15, 0.2) is 30.3 Å². The molecule has 19 heavy (non-hydrogen) atoms. The Bertz CT molecular complexity index is 601. The third-order valence-electron chi connectivity index (χ3n) is 2.80. The average Bonchev–Trinajstić information content (AvgIpc) is 2.38. The summed E-state index contributed by atoms with van der Waals surface area (Å²) in [6.07, 6.45) is 0. The number of aryl methyl sites for hydroxylation is 1. The highest BCUT2D eigenvalue weighted by atomic mass is 32.2. The summed E-state index contributed by atoms with van der Waals surface area (Å²) < 4.78 is 0. The Morgan fingerprint density at radius 2 is 2.21 bits per heavy atom. The number of nitrogens with two attached hydrogens (primary N) is 1. The second-order valence-corrected chi connectivity index (χ2v) is 5.43. The minimum atomic E-state index is -0.955. The van der Waals surface area contributed by atoms with Crippen molar-refractivity contribution in [3.8, 4) is 0 Å². The van der Waals surface area contributed by atoms with Crippen molar-refractivity contribution in [2.45, 2.75) is 18.7 Å². The van der Waals surface area contributed by atoms with Gasteiger partial charge in [-0.15, -0.1) is 0 Å². The number of benzene rings is 1. The molecule has 0 saturated carbocycles. The molecule has 1 atom stereocenters. The molecule has 2 aromatic rings. The first-order chi connectivity index (χ1) is 9.08. The summed E-state index contributed by atoms with van der Waals surface area (Å²) in [5.41, 5.74) is 8.60. The van der Waals surface area contributed by atoms with Gasteiger partial charge in [-0.3, -0.25) is 9.78 Å². The van der Waals surface area contributed by atoms with Gasteiger partial charge in [0.15, 0.2) is 0 Å². The lowest BCUT2D eigenvalue weighted by Crippen LogP contribution is -2.32. The molecule has 5 heteroatoms. The van der Waals surface area contributed by atoms with Crippen LogP contribution < -0.4 is 5.73 Å². The highest BCUT2D eigenvalue weighted by molar-refractivity contribution is 7.98. The molecule has 2 rings (SSSR count). The molecule has 0 aliphatic carbocycles. The molecule has 100 valence electrons. The van der Waals surface area contributed by atoms with Crippen LogP contribution in [0.5, 0.6) is 0 Å². The molecule has 0 radical (unpaired) electrons. The maximum absolute atomic E-state index is 10.7. The smallest absolute Gasteiger partial charge is 0.321 e. The van der Waals surface area contributed by atoms with Crippen molar-refractivity contribution in [2.75, 3.05) is 5.75 Å². The van der Waals surface area contributed by atoms with Crippen LogP contribution in [-0.4, -0.2) is 27.9 Å². The SMILES string of the molecule is Cc1cc(CSCC(N)C(=O)O)c2ccccc2n1. The van der Waals surface area contributed by atoms with Crippen LogP contribution in [0.1, 0.15) is 11.3 Å². The van der Waals surface area contributed by atoms with Crippen molar-refractivity contribution in [3.05, 3.63) is 41.6 Å². The molecule has 1 heterocycles. The van der Waals surface area contributed by atoms with Crippen LogP contribution in [0.2, 0.25) is 0 Å². The fraction of sp³-hybridized carbons (Fsp3) is 0.286. The van der Waals surface area contributed by atoms with Crippen LogP contribution in [0, 0.1) is 6.92 Å². The van der Waals surface area contributed by atoms with E-state index in [0.717, 1.165) is 22.3 Å². The summed E-state index contributed by atoms with van der Waals surface area (Å²) in [6, 6.07) is 9.21. The lowest BCUT2D eigenvalue weighted by Gasteiger charge is -2.09. The molecular weight excluding hydrogens is 260 g/mol. The van der Waals surface area contributed by atoms with E-state index in [9.17, 15) is 4.79 Å². The van der Waals surface area contributed by atoms with Gasteiger partial charge in [-0.2, -0.15) is 11.8 Å². The number of carboxylic acids is 1. The summed E-state index contributed by atoms with van der Waals surface area (Å²) in [4.78, 5) is 15.1. The number of thioether (sulfide) groups is 1. The van der Waals surface area contributed by atoms with Crippen molar-refractivity contribution in [3.63, 3.8) is 0 Å².